The summed E-state index contributed by atoms with van der Waals surface area (Å²) in [7, 11) is -0.825. The molecule has 1 fully saturated rings. The number of rotatable bonds is 5. The summed E-state index contributed by atoms with van der Waals surface area (Å²) in [5.74, 6) is 1.18. The average Bonchev–Trinajstić information content (AvgIpc) is 3.20. The van der Waals surface area contributed by atoms with E-state index in [-0.39, 0.29) is 16.4 Å². The summed E-state index contributed by atoms with van der Waals surface area (Å²) in [6, 6.07) is 10.0. The smallest absolute Gasteiger partial charge is 0.257 e. The van der Waals surface area contributed by atoms with Gasteiger partial charge in [0.25, 0.3) is 5.91 Å². The molecule has 1 aliphatic rings. The summed E-state index contributed by atoms with van der Waals surface area (Å²) in [6.45, 7) is 1.12. The molecule has 0 aliphatic carbocycles. The van der Waals surface area contributed by atoms with E-state index in [1.165, 1.54) is 30.9 Å². The number of amides is 1. The zero-order valence-corrected chi connectivity index (χ0v) is 18.2. The molecule has 0 saturated carbocycles. The van der Waals surface area contributed by atoms with Crippen LogP contribution in [0.4, 0.5) is 0 Å². The summed E-state index contributed by atoms with van der Waals surface area (Å²) in [5, 5.41) is 6.36. The Bertz CT molecular complexity index is 1230. The number of fused-ring (bicyclic) bond motifs is 1. The number of H-pyrrole nitrogens is 1. The number of nitrogens with two attached hydrogens (primary N) is 1. The van der Waals surface area contributed by atoms with Crippen molar-refractivity contribution >= 4 is 26.8 Å². The van der Waals surface area contributed by atoms with Gasteiger partial charge in [0.05, 0.1) is 24.7 Å². The van der Waals surface area contributed by atoms with Gasteiger partial charge in [-0.2, -0.15) is 0 Å². The maximum absolute atomic E-state index is 13.1. The molecular weight excluding hydrogens is 418 g/mol. The van der Waals surface area contributed by atoms with Gasteiger partial charge >= 0.3 is 0 Å². The highest BCUT2D eigenvalue weighted by Gasteiger charge is 2.28. The summed E-state index contributed by atoms with van der Waals surface area (Å²) in [4.78, 5) is 18.1. The van der Waals surface area contributed by atoms with Gasteiger partial charge < -0.3 is 19.4 Å². The third kappa shape index (κ3) is 4.11. The number of primary sulfonamides is 1. The quantitative estimate of drug-likeness (QED) is 0.629. The zero-order chi connectivity index (χ0) is 22.2. The number of sulfonamides is 1. The molecule has 164 valence electrons. The molecule has 2 heterocycles. The summed E-state index contributed by atoms with van der Waals surface area (Å²) >= 11 is 0. The fourth-order valence-corrected chi connectivity index (χ4v) is 4.72. The molecule has 3 aromatic rings. The monoisotopic (exact) mass is 443 g/mol. The highest BCUT2D eigenvalue weighted by molar-refractivity contribution is 7.89. The van der Waals surface area contributed by atoms with Gasteiger partial charge in [0.15, 0.2) is 0 Å². The van der Waals surface area contributed by atoms with Gasteiger partial charge in [-0.05, 0) is 60.7 Å². The van der Waals surface area contributed by atoms with Crippen LogP contribution in [0.3, 0.4) is 0 Å². The number of carbonyl (C=O) groups excluding carboxylic acids is 1. The number of nitrogens with one attached hydrogen (secondary N) is 1. The Labute approximate surface area is 181 Å². The lowest BCUT2D eigenvalue weighted by Gasteiger charge is -2.32. The first-order chi connectivity index (χ1) is 14.8. The fraction of sp³-hybridized carbons (Fsp3) is 0.318. The lowest BCUT2D eigenvalue weighted by molar-refractivity contribution is 0.0709. The normalized spacial score (nSPS) is 15.3. The van der Waals surface area contributed by atoms with Crippen LogP contribution < -0.4 is 14.6 Å². The molecule has 1 saturated heterocycles. The van der Waals surface area contributed by atoms with E-state index < -0.39 is 10.0 Å². The molecule has 0 atom stereocenters. The van der Waals surface area contributed by atoms with E-state index in [1.54, 1.807) is 12.0 Å². The van der Waals surface area contributed by atoms with Crippen molar-refractivity contribution < 1.29 is 22.7 Å². The minimum atomic E-state index is -3.92. The number of likely N-dealkylation sites (tertiary alicyclic amines) is 1. The number of carbonyl (C=O) groups is 1. The van der Waals surface area contributed by atoms with Crippen molar-refractivity contribution in [2.45, 2.75) is 23.7 Å². The van der Waals surface area contributed by atoms with E-state index >= 15 is 0 Å². The van der Waals surface area contributed by atoms with Crippen molar-refractivity contribution in [2.75, 3.05) is 27.3 Å². The Hall–Kier alpha value is -3.04. The lowest BCUT2D eigenvalue weighted by atomic mass is 9.89. The predicted octanol–water partition coefficient (Wildman–Crippen LogP) is 2.85. The summed E-state index contributed by atoms with van der Waals surface area (Å²) in [6.07, 6.45) is 3.63. The van der Waals surface area contributed by atoms with Crippen molar-refractivity contribution in [3.8, 4) is 11.5 Å². The van der Waals surface area contributed by atoms with Crippen LogP contribution in [0.2, 0.25) is 0 Å². The molecule has 31 heavy (non-hydrogen) atoms. The first kappa shape index (κ1) is 21.2. The molecule has 2 aromatic carbocycles. The van der Waals surface area contributed by atoms with Crippen molar-refractivity contribution in [3.05, 3.63) is 53.7 Å². The Morgan fingerprint density at radius 2 is 1.84 bits per heavy atom. The van der Waals surface area contributed by atoms with Gasteiger partial charge in [-0.1, -0.05) is 0 Å². The topological polar surface area (TPSA) is 115 Å². The molecule has 1 aromatic heterocycles. The number of nitrogens with zero attached hydrogens (tertiary/aromatic N) is 1. The molecule has 3 N–H and O–H groups in total. The van der Waals surface area contributed by atoms with Crippen LogP contribution >= 0.6 is 0 Å². The molecule has 4 rings (SSSR count). The second-order valence-electron chi connectivity index (χ2n) is 7.63. The lowest BCUT2D eigenvalue weighted by Crippen LogP contribution is -2.38. The maximum Gasteiger partial charge on any atom is 0.257 e. The van der Waals surface area contributed by atoms with Crippen LogP contribution in [0, 0.1) is 0 Å². The van der Waals surface area contributed by atoms with Crippen LogP contribution in [0.15, 0.2) is 47.5 Å². The Morgan fingerprint density at radius 1 is 1.10 bits per heavy atom. The Kier molecular flexibility index (Phi) is 5.63. The van der Waals surface area contributed by atoms with Crippen LogP contribution in [0.1, 0.15) is 34.7 Å². The largest absolute Gasteiger partial charge is 0.497 e. The Morgan fingerprint density at radius 3 is 2.48 bits per heavy atom. The van der Waals surface area contributed by atoms with E-state index in [0.29, 0.717) is 24.8 Å². The zero-order valence-electron chi connectivity index (χ0n) is 17.4. The van der Waals surface area contributed by atoms with Crippen LogP contribution in [0.5, 0.6) is 11.5 Å². The van der Waals surface area contributed by atoms with Gasteiger partial charge in [0.2, 0.25) is 10.0 Å². The minimum absolute atomic E-state index is 0.112. The van der Waals surface area contributed by atoms with Crippen LogP contribution in [-0.4, -0.2) is 51.5 Å². The Balaban J connectivity index is 1.54. The fourth-order valence-electron chi connectivity index (χ4n) is 4.18. The molecule has 8 nitrogen and oxygen atoms in total. The number of ether oxygens (including phenoxy) is 2. The van der Waals surface area contributed by atoms with E-state index in [0.717, 1.165) is 29.5 Å². The van der Waals surface area contributed by atoms with E-state index in [4.69, 9.17) is 14.6 Å². The molecule has 0 unspecified atom stereocenters. The number of hydrogen-bond acceptors (Lipinski definition) is 5. The summed E-state index contributed by atoms with van der Waals surface area (Å²) in [5.41, 5.74) is 2.47. The number of benzene rings is 2. The molecule has 0 spiro atoms. The maximum atomic E-state index is 13.1. The van der Waals surface area contributed by atoms with E-state index in [1.807, 2.05) is 24.4 Å². The highest BCUT2D eigenvalue weighted by atomic mass is 32.2. The standard InChI is InChI=1S/C22H25N3O5S/c1-29-15-3-5-20-17(11-15)19(13-24-20)14-7-9-25(10-8-14)22(26)18-12-16(31(23,27)28)4-6-21(18)30-2/h3-6,11-14,24H,7-10H2,1-2H3,(H2,23,27,28). The second-order valence-corrected chi connectivity index (χ2v) is 9.19. The summed E-state index contributed by atoms with van der Waals surface area (Å²) < 4.78 is 34.1. The second kappa shape index (κ2) is 8.24. The van der Waals surface area contributed by atoms with Gasteiger partial charge in [0.1, 0.15) is 11.5 Å². The number of piperidine rings is 1. The average molecular weight is 444 g/mol. The van der Waals surface area contributed by atoms with Gasteiger partial charge in [-0.3, -0.25) is 4.79 Å². The predicted molar refractivity (Wildman–Crippen MR) is 117 cm³/mol. The molecule has 0 radical (unpaired) electrons. The van der Waals surface area contributed by atoms with Crippen molar-refractivity contribution in [1.82, 2.24) is 9.88 Å². The van der Waals surface area contributed by atoms with Crippen molar-refractivity contribution in [2.24, 2.45) is 5.14 Å². The van der Waals surface area contributed by atoms with E-state index in [2.05, 4.69) is 4.98 Å². The molecule has 9 heteroatoms. The number of methoxy groups -OCH3 is 2. The number of hydrogen-bond donors (Lipinski definition) is 2. The SMILES string of the molecule is COc1ccc2[nH]cc(C3CCN(C(=O)c4cc(S(N)(=O)=O)ccc4OC)CC3)c2c1. The third-order valence-electron chi connectivity index (χ3n) is 5.87. The highest BCUT2D eigenvalue weighted by Crippen LogP contribution is 2.35. The third-order valence-corrected chi connectivity index (χ3v) is 6.78. The first-order valence-corrected chi connectivity index (χ1v) is 11.5. The van der Waals surface area contributed by atoms with Gasteiger partial charge in [-0.25, -0.2) is 13.6 Å². The number of aromatic nitrogens is 1. The molecule has 1 aliphatic heterocycles. The van der Waals surface area contributed by atoms with Crippen LogP contribution in [-0.2, 0) is 10.0 Å². The molecular formula is C22H25N3O5S. The van der Waals surface area contributed by atoms with Crippen molar-refractivity contribution in [1.29, 1.82) is 0 Å². The molecule has 1 amide bonds. The first-order valence-electron chi connectivity index (χ1n) is 9.97. The van der Waals surface area contributed by atoms with Crippen LogP contribution in [0.25, 0.3) is 10.9 Å². The number of aromatic amines is 1. The van der Waals surface area contributed by atoms with Gasteiger partial charge in [-0.15, -0.1) is 0 Å². The van der Waals surface area contributed by atoms with Gasteiger partial charge in [0, 0.05) is 30.2 Å². The molecule has 0 bridgehead atoms. The van der Waals surface area contributed by atoms with E-state index in [9.17, 15) is 13.2 Å². The minimum Gasteiger partial charge on any atom is -0.497 e. The van der Waals surface area contributed by atoms with Crippen molar-refractivity contribution in [3.63, 3.8) is 0 Å².